The highest BCUT2D eigenvalue weighted by molar-refractivity contribution is 7.85. The molecule has 1 amide bonds. The minimum atomic E-state index is -1.53. The summed E-state index contributed by atoms with van der Waals surface area (Å²) >= 11 is -1.53. The van der Waals surface area contributed by atoms with Crippen LogP contribution < -0.4 is 0 Å². The van der Waals surface area contributed by atoms with E-state index >= 15 is 0 Å². The first-order chi connectivity index (χ1) is 7.35. The van der Waals surface area contributed by atoms with Crippen molar-refractivity contribution in [2.24, 2.45) is 0 Å². The van der Waals surface area contributed by atoms with Crippen molar-refractivity contribution in [1.29, 1.82) is 0 Å². The lowest BCUT2D eigenvalue weighted by Crippen LogP contribution is -2.44. The zero-order valence-corrected chi connectivity index (χ0v) is 10.7. The summed E-state index contributed by atoms with van der Waals surface area (Å²) in [6.07, 6.45) is -0.585. The molecule has 0 aromatic rings. The van der Waals surface area contributed by atoms with E-state index < -0.39 is 23.3 Å². The van der Waals surface area contributed by atoms with Crippen molar-refractivity contribution in [2.75, 3.05) is 20.3 Å². The van der Waals surface area contributed by atoms with Gasteiger partial charge in [0.1, 0.15) is 18.2 Å². The third-order valence-corrected chi connectivity index (χ3v) is 2.93. The van der Waals surface area contributed by atoms with E-state index in [4.69, 9.17) is 13.7 Å². The molecule has 1 rings (SSSR count). The molecule has 1 heterocycles. The molecule has 1 aliphatic heterocycles. The van der Waals surface area contributed by atoms with Crippen molar-refractivity contribution in [3.8, 4) is 0 Å². The van der Waals surface area contributed by atoms with Crippen molar-refractivity contribution in [2.45, 2.75) is 32.4 Å². The maximum atomic E-state index is 11.8. The van der Waals surface area contributed by atoms with Gasteiger partial charge < -0.3 is 9.47 Å². The van der Waals surface area contributed by atoms with Crippen molar-refractivity contribution >= 4 is 17.7 Å². The molecule has 0 aromatic carbocycles. The molecule has 0 radical (unpaired) electrons. The van der Waals surface area contributed by atoms with Crippen LogP contribution in [0.15, 0.2) is 0 Å². The molecule has 1 saturated heterocycles. The Morgan fingerprint density at radius 2 is 2.25 bits per heavy atom. The van der Waals surface area contributed by atoms with Gasteiger partial charge in [0, 0.05) is 7.11 Å². The molecule has 16 heavy (non-hydrogen) atoms. The molecule has 6 nitrogen and oxygen atoms in total. The largest absolute Gasteiger partial charge is 0.458 e. The zero-order valence-electron chi connectivity index (χ0n) is 9.93. The van der Waals surface area contributed by atoms with Crippen molar-refractivity contribution in [3.63, 3.8) is 0 Å². The minimum Gasteiger partial charge on any atom is -0.441 e. The highest BCUT2D eigenvalue weighted by atomic mass is 32.2. The van der Waals surface area contributed by atoms with Gasteiger partial charge in [0.15, 0.2) is 0 Å². The average molecular weight is 252 g/mol. The number of ether oxygens (including phenoxy) is 2. The lowest BCUT2D eigenvalue weighted by Gasteiger charge is -2.22. The fourth-order valence-corrected chi connectivity index (χ4v) is 2.15. The summed E-state index contributed by atoms with van der Waals surface area (Å²) in [7, 11) is 1.53. The van der Waals surface area contributed by atoms with Gasteiger partial charge >= 0.3 is 17.7 Å². The minimum absolute atomic E-state index is 0.257. The molecule has 2 atom stereocenters. The van der Waals surface area contributed by atoms with Gasteiger partial charge in [0.2, 0.25) is 0 Å². The number of methoxy groups -OCH3 is 1. The Kier molecular flexibility index (Phi) is 4.43. The number of carbonyl (C=O) groups excluding carboxylic acids is 1. The molecule has 0 bridgehead atoms. The van der Waals surface area contributed by atoms with Gasteiger partial charge in [-0.3, -0.25) is 0 Å². The molecule has 0 aliphatic carbocycles. The zero-order chi connectivity index (χ0) is 12.3. The first kappa shape index (κ1) is 13.6. The van der Waals surface area contributed by atoms with Crippen LogP contribution in [0.4, 0.5) is 4.79 Å². The Morgan fingerprint density at radius 3 is 2.75 bits per heavy atom. The molecular weight excluding hydrogens is 234 g/mol. The van der Waals surface area contributed by atoms with E-state index in [1.165, 1.54) is 11.4 Å². The second-order valence-electron chi connectivity index (χ2n) is 4.43. The van der Waals surface area contributed by atoms with E-state index in [2.05, 4.69) is 0 Å². The van der Waals surface area contributed by atoms with Crippen molar-refractivity contribution < 1.29 is 23.0 Å². The van der Waals surface area contributed by atoms with Gasteiger partial charge in [-0.2, -0.15) is 0 Å². The molecule has 0 saturated carbocycles. The number of hydrogen-bond donors (Lipinski definition) is 1. The Morgan fingerprint density at radius 1 is 1.62 bits per heavy atom. The van der Waals surface area contributed by atoms with Gasteiger partial charge in [-0.15, -0.1) is 8.74 Å². The predicted molar refractivity (Wildman–Crippen MR) is 59.7 cm³/mol. The summed E-state index contributed by atoms with van der Waals surface area (Å²) in [5, 5.41) is 0. The van der Waals surface area contributed by atoms with Crippen molar-refractivity contribution in [1.82, 2.24) is 4.31 Å². The number of carbonyl (C=O) groups is 1. The highest BCUT2D eigenvalue weighted by Crippen LogP contribution is 2.22. The fraction of sp³-hybridized carbons (Fsp3) is 0.889. The van der Waals surface area contributed by atoms with E-state index in [9.17, 15) is 9.35 Å². The SMILES string of the molecule is COC[C@H]1CO[S+](O)N1C(=O)OC(C)(C)C. The second kappa shape index (κ2) is 5.22. The van der Waals surface area contributed by atoms with E-state index in [0.29, 0.717) is 6.61 Å². The monoisotopic (exact) mass is 252 g/mol. The number of amides is 1. The lowest BCUT2D eigenvalue weighted by atomic mass is 10.2. The van der Waals surface area contributed by atoms with Crippen LogP contribution >= 0.6 is 0 Å². The molecule has 0 aromatic heterocycles. The van der Waals surface area contributed by atoms with E-state index in [0.717, 1.165) is 0 Å². The summed E-state index contributed by atoms with van der Waals surface area (Å²) < 4.78 is 25.8. The van der Waals surface area contributed by atoms with Gasteiger partial charge in [-0.05, 0) is 20.8 Å². The van der Waals surface area contributed by atoms with Crippen LogP contribution in [0.2, 0.25) is 0 Å². The number of nitrogens with zero attached hydrogens (tertiary/aromatic N) is 1. The average Bonchev–Trinajstić information content (AvgIpc) is 2.44. The van der Waals surface area contributed by atoms with Gasteiger partial charge in [0.25, 0.3) is 0 Å². The quantitative estimate of drug-likeness (QED) is 0.748. The molecular formula is C9H18NO5S+. The number of rotatable bonds is 2. The van der Waals surface area contributed by atoms with Crippen LogP contribution in [0.1, 0.15) is 20.8 Å². The summed E-state index contributed by atoms with van der Waals surface area (Å²) in [6, 6.07) is -0.298. The van der Waals surface area contributed by atoms with Gasteiger partial charge in [0.05, 0.1) is 6.61 Å². The Labute approximate surface area is 98.4 Å². The summed E-state index contributed by atoms with van der Waals surface area (Å²) in [5.41, 5.74) is -0.596. The third-order valence-electron chi connectivity index (χ3n) is 1.80. The molecule has 0 spiro atoms. The van der Waals surface area contributed by atoms with E-state index in [1.54, 1.807) is 20.8 Å². The van der Waals surface area contributed by atoms with Crippen molar-refractivity contribution in [3.05, 3.63) is 0 Å². The number of hydrogen-bond acceptors (Lipinski definition) is 5. The molecule has 1 N–H and O–H groups in total. The third kappa shape index (κ3) is 3.51. The summed E-state index contributed by atoms with van der Waals surface area (Å²) in [5.74, 6) is 0. The lowest BCUT2D eigenvalue weighted by molar-refractivity contribution is 0.0295. The van der Waals surface area contributed by atoms with E-state index in [-0.39, 0.29) is 12.6 Å². The highest BCUT2D eigenvalue weighted by Gasteiger charge is 2.51. The summed E-state index contributed by atoms with van der Waals surface area (Å²) in [4.78, 5) is 11.8. The van der Waals surface area contributed by atoms with Crippen LogP contribution in [0.3, 0.4) is 0 Å². The molecule has 1 fully saturated rings. The Bertz CT molecular complexity index is 253. The van der Waals surface area contributed by atoms with Crippen LogP contribution in [0, 0.1) is 0 Å². The maximum Gasteiger partial charge on any atom is 0.458 e. The molecule has 7 heteroatoms. The second-order valence-corrected chi connectivity index (χ2v) is 5.52. The van der Waals surface area contributed by atoms with Gasteiger partial charge in [-0.1, -0.05) is 4.31 Å². The first-order valence-electron chi connectivity index (χ1n) is 4.93. The van der Waals surface area contributed by atoms with Crippen LogP contribution in [0.5, 0.6) is 0 Å². The van der Waals surface area contributed by atoms with Crippen LogP contribution in [-0.4, -0.2) is 46.9 Å². The predicted octanol–water partition coefficient (Wildman–Crippen LogP) is 1.19. The first-order valence-corrected chi connectivity index (χ1v) is 5.99. The molecule has 1 unspecified atom stereocenters. The standard InChI is InChI=1S/C9H18NO5S/c1-9(2,3)15-8(11)10-7(5-13-4)6-14-16(10)12/h7,12H,5-6H2,1-4H3/q+1/t7-,16?/m0/s1. The summed E-state index contributed by atoms with van der Waals surface area (Å²) in [6.45, 7) is 5.87. The normalized spacial score (nSPS) is 25.9. The van der Waals surface area contributed by atoms with E-state index in [1.807, 2.05) is 0 Å². The van der Waals surface area contributed by atoms with Crippen LogP contribution in [-0.2, 0) is 25.3 Å². The molecule has 1 aliphatic rings. The Hall–Kier alpha value is -0.500. The van der Waals surface area contributed by atoms with Gasteiger partial charge in [-0.25, -0.2) is 4.79 Å². The van der Waals surface area contributed by atoms with Crippen LogP contribution in [0.25, 0.3) is 0 Å². The smallest absolute Gasteiger partial charge is 0.441 e. The topological polar surface area (TPSA) is 68.2 Å². The Balaban J connectivity index is 2.64. The fourth-order valence-electron chi connectivity index (χ4n) is 1.22. The molecule has 94 valence electrons. The maximum absolute atomic E-state index is 11.8.